The molecule has 0 atom stereocenters. The molecule has 0 unspecified atom stereocenters. The molecule has 1 amide bonds. The number of benzene rings is 1. The number of nitrogens with one attached hydrogen (secondary N) is 1. The predicted octanol–water partition coefficient (Wildman–Crippen LogP) is 4.86. The first-order chi connectivity index (χ1) is 12.7. The van der Waals surface area contributed by atoms with Gasteiger partial charge < -0.3 is 5.32 Å². The number of fused-ring (bicyclic) bond motifs is 3. The van der Waals surface area contributed by atoms with Gasteiger partial charge in [-0.3, -0.25) is 4.79 Å². The number of anilines is 1. The quantitative estimate of drug-likeness (QED) is 0.505. The SMILES string of the molecule is CCc1nc(SCC(=O)Nc2ccccc2)c2c3c(sc2n1)CCCC3. The molecule has 0 aliphatic heterocycles. The van der Waals surface area contributed by atoms with Crippen molar-refractivity contribution in [2.45, 2.75) is 44.1 Å². The molecule has 4 rings (SSSR count). The van der Waals surface area contributed by atoms with E-state index >= 15 is 0 Å². The fourth-order valence-electron chi connectivity index (χ4n) is 3.28. The monoisotopic (exact) mass is 383 g/mol. The molecule has 2 aromatic heterocycles. The lowest BCUT2D eigenvalue weighted by molar-refractivity contribution is -0.113. The molecular weight excluding hydrogens is 362 g/mol. The Kier molecular flexibility index (Phi) is 5.22. The molecule has 0 fully saturated rings. The maximum absolute atomic E-state index is 12.3. The average molecular weight is 384 g/mol. The number of aryl methyl sites for hydroxylation is 3. The number of thioether (sulfide) groups is 1. The van der Waals surface area contributed by atoms with Gasteiger partial charge in [0.25, 0.3) is 0 Å². The summed E-state index contributed by atoms with van der Waals surface area (Å²) in [7, 11) is 0. The summed E-state index contributed by atoms with van der Waals surface area (Å²) in [5, 5.41) is 5.11. The second-order valence-electron chi connectivity index (χ2n) is 6.39. The molecule has 4 nitrogen and oxygen atoms in total. The second-order valence-corrected chi connectivity index (χ2v) is 8.44. The molecule has 0 radical (unpaired) electrons. The Labute approximate surface area is 161 Å². The smallest absolute Gasteiger partial charge is 0.234 e. The number of hydrogen-bond donors (Lipinski definition) is 1. The van der Waals surface area contributed by atoms with Crippen LogP contribution in [0.2, 0.25) is 0 Å². The minimum atomic E-state index is -0.00453. The van der Waals surface area contributed by atoms with Gasteiger partial charge in [-0.1, -0.05) is 36.9 Å². The van der Waals surface area contributed by atoms with Crippen LogP contribution in [0.3, 0.4) is 0 Å². The van der Waals surface area contributed by atoms with Crippen LogP contribution < -0.4 is 5.32 Å². The fourth-order valence-corrected chi connectivity index (χ4v) is 5.50. The van der Waals surface area contributed by atoms with Gasteiger partial charge in [-0.2, -0.15) is 0 Å². The van der Waals surface area contributed by atoms with Crippen molar-refractivity contribution in [3.05, 3.63) is 46.6 Å². The third kappa shape index (κ3) is 3.62. The standard InChI is InChI=1S/C20H21N3OS2/c1-2-16-22-19(25-12-17(24)21-13-8-4-3-5-9-13)18-14-10-6-7-11-15(14)26-20(18)23-16/h3-5,8-9H,2,6-7,10-12H2,1H3,(H,21,24). The molecule has 0 spiro atoms. The fraction of sp³-hybridized carbons (Fsp3) is 0.350. The van der Waals surface area contributed by atoms with E-state index in [1.807, 2.05) is 41.7 Å². The van der Waals surface area contributed by atoms with Gasteiger partial charge in [0.1, 0.15) is 15.7 Å². The highest BCUT2D eigenvalue weighted by atomic mass is 32.2. The highest BCUT2D eigenvalue weighted by molar-refractivity contribution is 8.00. The van der Waals surface area contributed by atoms with Crippen LogP contribution in [0.4, 0.5) is 5.69 Å². The number of aromatic nitrogens is 2. The first kappa shape index (κ1) is 17.5. The molecule has 3 aromatic rings. The van der Waals surface area contributed by atoms with E-state index in [0.717, 1.165) is 40.6 Å². The molecule has 1 aliphatic rings. The lowest BCUT2D eigenvalue weighted by Crippen LogP contribution is -2.14. The van der Waals surface area contributed by atoms with Crippen molar-refractivity contribution in [1.82, 2.24) is 9.97 Å². The van der Waals surface area contributed by atoms with Gasteiger partial charge in [0.05, 0.1) is 5.75 Å². The Balaban J connectivity index is 1.58. The Morgan fingerprint density at radius 2 is 2.00 bits per heavy atom. The first-order valence-corrected chi connectivity index (χ1v) is 10.8. The van der Waals surface area contributed by atoms with E-state index in [1.165, 1.54) is 40.4 Å². The first-order valence-electron chi connectivity index (χ1n) is 9.03. The van der Waals surface area contributed by atoms with Crippen LogP contribution in [0.15, 0.2) is 35.4 Å². The van der Waals surface area contributed by atoms with Crippen LogP contribution in [0.1, 0.15) is 36.0 Å². The van der Waals surface area contributed by atoms with Crippen LogP contribution in [-0.4, -0.2) is 21.6 Å². The lowest BCUT2D eigenvalue weighted by Gasteiger charge is -2.12. The number of nitrogens with zero attached hydrogens (tertiary/aromatic N) is 2. The van der Waals surface area contributed by atoms with E-state index < -0.39 is 0 Å². The summed E-state index contributed by atoms with van der Waals surface area (Å²) in [6.45, 7) is 2.07. The highest BCUT2D eigenvalue weighted by Crippen LogP contribution is 2.39. The number of para-hydroxylation sites is 1. The van der Waals surface area contributed by atoms with Gasteiger partial charge in [0.15, 0.2) is 0 Å². The maximum Gasteiger partial charge on any atom is 0.234 e. The molecule has 0 saturated carbocycles. The van der Waals surface area contributed by atoms with Crippen molar-refractivity contribution in [1.29, 1.82) is 0 Å². The molecule has 0 bridgehead atoms. The summed E-state index contributed by atoms with van der Waals surface area (Å²) in [4.78, 5) is 24.4. The van der Waals surface area contributed by atoms with E-state index in [9.17, 15) is 4.79 Å². The molecule has 1 aliphatic carbocycles. The van der Waals surface area contributed by atoms with Crippen LogP contribution >= 0.6 is 23.1 Å². The Morgan fingerprint density at radius 1 is 1.19 bits per heavy atom. The van der Waals surface area contributed by atoms with Crippen LogP contribution in [0.5, 0.6) is 0 Å². The summed E-state index contributed by atoms with van der Waals surface area (Å²) < 4.78 is 0. The van der Waals surface area contributed by atoms with Crippen molar-refractivity contribution in [2.75, 3.05) is 11.1 Å². The predicted molar refractivity (Wildman–Crippen MR) is 109 cm³/mol. The lowest BCUT2D eigenvalue weighted by atomic mass is 9.97. The number of thiophene rings is 1. The van der Waals surface area contributed by atoms with E-state index in [2.05, 4.69) is 12.2 Å². The van der Waals surface area contributed by atoms with Crippen molar-refractivity contribution < 1.29 is 4.79 Å². The summed E-state index contributed by atoms with van der Waals surface area (Å²) in [5.74, 6) is 1.21. The van der Waals surface area contributed by atoms with Gasteiger partial charge in [0.2, 0.25) is 5.91 Å². The van der Waals surface area contributed by atoms with Crippen molar-refractivity contribution >= 4 is 44.9 Å². The second kappa shape index (κ2) is 7.76. The van der Waals surface area contributed by atoms with Crippen LogP contribution in [0.25, 0.3) is 10.2 Å². The highest BCUT2D eigenvalue weighted by Gasteiger charge is 2.21. The van der Waals surface area contributed by atoms with E-state index in [4.69, 9.17) is 9.97 Å². The normalized spacial score (nSPS) is 13.6. The summed E-state index contributed by atoms with van der Waals surface area (Å²) in [6, 6.07) is 9.57. The third-order valence-electron chi connectivity index (χ3n) is 4.54. The number of rotatable bonds is 5. The molecular formula is C20H21N3OS2. The van der Waals surface area contributed by atoms with Gasteiger partial charge in [-0.15, -0.1) is 11.3 Å². The topological polar surface area (TPSA) is 54.9 Å². The Bertz CT molecular complexity index is 937. The number of hydrogen-bond acceptors (Lipinski definition) is 5. The van der Waals surface area contributed by atoms with Crippen molar-refractivity contribution in [3.63, 3.8) is 0 Å². The molecule has 0 saturated heterocycles. The number of carbonyl (C=O) groups is 1. The van der Waals surface area contributed by atoms with E-state index in [-0.39, 0.29) is 5.91 Å². The minimum absolute atomic E-state index is 0.00453. The zero-order valence-electron chi connectivity index (χ0n) is 14.7. The molecule has 26 heavy (non-hydrogen) atoms. The third-order valence-corrected chi connectivity index (χ3v) is 6.70. The van der Waals surface area contributed by atoms with Crippen LogP contribution in [0, 0.1) is 0 Å². The zero-order valence-corrected chi connectivity index (χ0v) is 16.4. The van der Waals surface area contributed by atoms with Gasteiger partial charge in [-0.05, 0) is 43.4 Å². The largest absolute Gasteiger partial charge is 0.325 e. The summed E-state index contributed by atoms with van der Waals surface area (Å²) >= 11 is 3.34. The summed E-state index contributed by atoms with van der Waals surface area (Å²) in [6.07, 6.45) is 5.55. The van der Waals surface area contributed by atoms with Gasteiger partial charge in [0, 0.05) is 22.4 Å². The van der Waals surface area contributed by atoms with Crippen molar-refractivity contribution in [3.8, 4) is 0 Å². The minimum Gasteiger partial charge on any atom is -0.325 e. The van der Waals surface area contributed by atoms with E-state index in [1.54, 1.807) is 0 Å². The summed E-state index contributed by atoms with van der Waals surface area (Å²) in [5.41, 5.74) is 2.25. The van der Waals surface area contributed by atoms with Crippen LogP contribution in [-0.2, 0) is 24.1 Å². The molecule has 1 N–H and O–H groups in total. The Morgan fingerprint density at radius 3 is 2.81 bits per heavy atom. The number of amides is 1. The maximum atomic E-state index is 12.3. The number of carbonyl (C=O) groups excluding carboxylic acids is 1. The van der Waals surface area contributed by atoms with Crippen molar-refractivity contribution in [2.24, 2.45) is 0 Å². The average Bonchev–Trinajstić information content (AvgIpc) is 3.05. The molecule has 6 heteroatoms. The molecule has 2 heterocycles. The Hall–Kier alpha value is -1.92. The molecule has 134 valence electrons. The van der Waals surface area contributed by atoms with Gasteiger partial charge in [-0.25, -0.2) is 9.97 Å². The van der Waals surface area contributed by atoms with Gasteiger partial charge >= 0.3 is 0 Å². The zero-order chi connectivity index (χ0) is 17.9. The molecule has 1 aromatic carbocycles. The van der Waals surface area contributed by atoms with E-state index in [0.29, 0.717) is 5.75 Å².